The Kier molecular flexibility index (Phi) is 6.18. The molecular formula is C18H11Cl2IN2O2S. The lowest BCUT2D eigenvalue weighted by Gasteiger charge is -2.10. The third-order valence-corrected chi connectivity index (χ3v) is 5.27. The first kappa shape index (κ1) is 19.2. The minimum absolute atomic E-state index is 0.137. The number of hydrogen-bond donors (Lipinski definition) is 2. The standard InChI is InChI=1S/C18H11Cl2IN2O2S/c19-11-6-5-10(9-12(11)20)15-7-8-16(25-15)17(24)23-18(26)22-14-4-2-1-3-13(14)21/h1-9H,(H2,22,23,24,26). The summed E-state index contributed by atoms with van der Waals surface area (Å²) in [4.78, 5) is 12.3. The molecule has 3 rings (SSSR count). The van der Waals surface area contributed by atoms with Crippen LogP contribution in [0.15, 0.2) is 59.0 Å². The molecule has 4 nitrogen and oxygen atoms in total. The summed E-state index contributed by atoms with van der Waals surface area (Å²) in [6.07, 6.45) is 0. The average molecular weight is 517 g/mol. The van der Waals surface area contributed by atoms with E-state index in [4.69, 9.17) is 39.8 Å². The van der Waals surface area contributed by atoms with Crippen LogP contribution < -0.4 is 10.6 Å². The summed E-state index contributed by atoms with van der Waals surface area (Å²) in [5.41, 5.74) is 1.53. The molecule has 0 saturated heterocycles. The highest BCUT2D eigenvalue weighted by atomic mass is 127. The van der Waals surface area contributed by atoms with E-state index in [9.17, 15) is 4.79 Å². The molecule has 0 unspecified atom stereocenters. The van der Waals surface area contributed by atoms with Gasteiger partial charge in [0, 0.05) is 9.13 Å². The minimum Gasteiger partial charge on any atom is -0.451 e. The molecule has 1 amide bonds. The molecule has 0 aliphatic carbocycles. The number of nitrogens with one attached hydrogen (secondary N) is 2. The SMILES string of the molecule is O=C(NC(=S)Nc1ccccc1I)c1ccc(-c2ccc(Cl)c(Cl)c2)o1. The zero-order chi connectivity index (χ0) is 18.7. The maximum absolute atomic E-state index is 12.3. The first-order valence-corrected chi connectivity index (χ1v) is 9.60. The fraction of sp³-hybridized carbons (Fsp3) is 0. The molecule has 0 fully saturated rings. The lowest BCUT2D eigenvalue weighted by atomic mass is 10.2. The van der Waals surface area contributed by atoms with Crippen molar-refractivity contribution in [3.8, 4) is 11.3 Å². The van der Waals surface area contributed by atoms with E-state index in [0.717, 1.165) is 14.8 Å². The third kappa shape index (κ3) is 4.56. The zero-order valence-electron chi connectivity index (χ0n) is 13.1. The van der Waals surface area contributed by atoms with Crippen LogP contribution in [-0.2, 0) is 0 Å². The number of benzene rings is 2. The fourth-order valence-electron chi connectivity index (χ4n) is 2.15. The number of carbonyl (C=O) groups is 1. The van der Waals surface area contributed by atoms with Crippen LogP contribution in [-0.4, -0.2) is 11.0 Å². The first-order chi connectivity index (χ1) is 12.4. The molecule has 2 N–H and O–H groups in total. The predicted molar refractivity (Wildman–Crippen MR) is 117 cm³/mol. The van der Waals surface area contributed by atoms with Crippen molar-refractivity contribution < 1.29 is 9.21 Å². The Morgan fingerprint density at radius 1 is 1.04 bits per heavy atom. The number of hydrogen-bond acceptors (Lipinski definition) is 3. The van der Waals surface area contributed by atoms with Gasteiger partial charge in [-0.05, 0) is 77.3 Å². The van der Waals surface area contributed by atoms with Crippen molar-refractivity contribution in [3.63, 3.8) is 0 Å². The van der Waals surface area contributed by atoms with Crippen molar-refractivity contribution in [2.24, 2.45) is 0 Å². The summed E-state index contributed by atoms with van der Waals surface area (Å²) in [5.74, 6) is 0.197. The third-order valence-electron chi connectivity index (χ3n) is 3.38. The van der Waals surface area contributed by atoms with Gasteiger partial charge in [0.1, 0.15) is 5.76 Å². The monoisotopic (exact) mass is 516 g/mol. The van der Waals surface area contributed by atoms with Gasteiger partial charge in [0.2, 0.25) is 0 Å². The Morgan fingerprint density at radius 3 is 2.54 bits per heavy atom. The predicted octanol–water partition coefficient (Wildman–Crippen LogP) is 5.98. The van der Waals surface area contributed by atoms with E-state index < -0.39 is 5.91 Å². The maximum Gasteiger partial charge on any atom is 0.293 e. The van der Waals surface area contributed by atoms with Crippen molar-refractivity contribution >= 4 is 74.7 Å². The molecule has 132 valence electrons. The van der Waals surface area contributed by atoms with Gasteiger partial charge in [-0.3, -0.25) is 10.1 Å². The van der Waals surface area contributed by atoms with E-state index >= 15 is 0 Å². The van der Waals surface area contributed by atoms with Crippen LogP contribution in [0.2, 0.25) is 10.0 Å². The van der Waals surface area contributed by atoms with E-state index in [1.54, 1.807) is 30.3 Å². The molecule has 0 aliphatic rings. The van der Waals surface area contributed by atoms with Crippen LogP contribution in [0.1, 0.15) is 10.6 Å². The van der Waals surface area contributed by atoms with Crippen molar-refractivity contribution in [1.29, 1.82) is 0 Å². The zero-order valence-corrected chi connectivity index (χ0v) is 17.5. The summed E-state index contributed by atoms with van der Waals surface area (Å²) in [7, 11) is 0. The van der Waals surface area contributed by atoms with Gasteiger partial charge in [0.15, 0.2) is 10.9 Å². The van der Waals surface area contributed by atoms with Gasteiger partial charge >= 0.3 is 0 Å². The Balaban J connectivity index is 1.69. The molecule has 3 aromatic rings. The molecule has 0 spiro atoms. The summed E-state index contributed by atoms with van der Waals surface area (Å²) >= 11 is 19.3. The smallest absolute Gasteiger partial charge is 0.293 e. The summed E-state index contributed by atoms with van der Waals surface area (Å²) < 4.78 is 6.59. The number of rotatable bonds is 3. The quantitative estimate of drug-likeness (QED) is 0.332. The van der Waals surface area contributed by atoms with Crippen molar-refractivity contribution in [2.75, 3.05) is 5.32 Å². The highest BCUT2D eigenvalue weighted by Gasteiger charge is 2.14. The molecule has 0 atom stereocenters. The van der Waals surface area contributed by atoms with Gasteiger partial charge in [-0.1, -0.05) is 35.3 Å². The van der Waals surface area contributed by atoms with Crippen LogP contribution in [0.25, 0.3) is 11.3 Å². The van der Waals surface area contributed by atoms with Crippen LogP contribution in [0, 0.1) is 3.57 Å². The van der Waals surface area contributed by atoms with Crippen LogP contribution in [0.4, 0.5) is 5.69 Å². The minimum atomic E-state index is -0.445. The largest absolute Gasteiger partial charge is 0.451 e. The van der Waals surface area contributed by atoms with E-state index in [-0.39, 0.29) is 10.9 Å². The topological polar surface area (TPSA) is 54.3 Å². The van der Waals surface area contributed by atoms with Crippen LogP contribution in [0.3, 0.4) is 0 Å². The highest BCUT2D eigenvalue weighted by Crippen LogP contribution is 2.29. The lowest BCUT2D eigenvalue weighted by molar-refractivity contribution is 0.0951. The summed E-state index contributed by atoms with van der Waals surface area (Å²) in [5, 5.41) is 6.62. The van der Waals surface area contributed by atoms with Gasteiger partial charge in [0.05, 0.1) is 15.7 Å². The summed E-state index contributed by atoms with van der Waals surface area (Å²) in [6.45, 7) is 0. The van der Waals surface area contributed by atoms with E-state index in [1.807, 2.05) is 24.3 Å². The number of carbonyl (C=O) groups excluding carboxylic acids is 1. The number of amides is 1. The van der Waals surface area contributed by atoms with Gasteiger partial charge < -0.3 is 9.73 Å². The number of anilines is 1. The second-order valence-corrected chi connectivity index (χ2v) is 7.57. The molecule has 2 aromatic carbocycles. The molecule has 0 radical (unpaired) electrons. The number of thiocarbonyl (C=S) groups is 1. The van der Waals surface area contributed by atoms with E-state index in [2.05, 4.69) is 33.2 Å². The molecule has 0 bridgehead atoms. The summed E-state index contributed by atoms with van der Waals surface area (Å²) in [6, 6.07) is 16.0. The van der Waals surface area contributed by atoms with Gasteiger partial charge in [-0.15, -0.1) is 0 Å². The van der Waals surface area contributed by atoms with E-state index in [0.29, 0.717) is 15.8 Å². The number of halogens is 3. The highest BCUT2D eigenvalue weighted by molar-refractivity contribution is 14.1. The van der Waals surface area contributed by atoms with Gasteiger partial charge in [0.25, 0.3) is 5.91 Å². The maximum atomic E-state index is 12.3. The second kappa shape index (κ2) is 8.39. The van der Waals surface area contributed by atoms with Crippen LogP contribution in [0.5, 0.6) is 0 Å². The Morgan fingerprint density at radius 2 is 1.81 bits per heavy atom. The molecular weight excluding hydrogens is 506 g/mol. The van der Waals surface area contributed by atoms with Gasteiger partial charge in [-0.25, -0.2) is 0 Å². The second-order valence-electron chi connectivity index (χ2n) is 5.18. The van der Waals surface area contributed by atoms with Crippen molar-refractivity contribution in [1.82, 2.24) is 5.32 Å². The molecule has 0 aliphatic heterocycles. The molecule has 8 heteroatoms. The molecule has 26 heavy (non-hydrogen) atoms. The Bertz CT molecular complexity index is 991. The van der Waals surface area contributed by atoms with Crippen molar-refractivity contribution in [3.05, 3.63) is 74.0 Å². The lowest BCUT2D eigenvalue weighted by Crippen LogP contribution is -2.34. The first-order valence-electron chi connectivity index (χ1n) is 7.36. The Hall–Kier alpha value is -1.61. The van der Waals surface area contributed by atoms with E-state index in [1.165, 1.54) is 0 Å². The van der Waals surface area contributed by atoms with Gasteiger partial charge in [-0.2, -0.15) is 0 Å². The normalized spacial score (nSPS) is 10.4. The van der Waals surface area contributed by atoms with Crippen LogP contribution >= 0.6 is 58.0 Å². The fourth-order valence-corrected chi connectivity index (χ4v) is 3.17. The molecule has 1 aromatic heterocycles. The number of furan rings is 1. The van der Waals surface area contributed by atoms with Crippen molar-refractivity contribution in [2.45, 2.75) is 0 Å². The average Bonchev–Trinajstić information content (AvgIpc) is 3.09. The number of para-hydroxylation sites is 1. The molecule has 1 heterocycles. The Labute approximate surface area is 179 Å². The molecule has 0 saturated carbocycles.